The van der Waals surface area contributed by atoms with E-state index in [2.05, 4.69) is 27.7 Å². The van der Waals surface area contributed by atoms with Gasteiger partial charge in [0.15, 0.2) is 6.10 Å². The van der Waals surface area contributed by atoms with E-state index in [0.717, 1.165) is 63.7 Å². The molecule has 0 fully saturated rings. The van der Waals surface area contributed by atoms with E-state index in [1.807, 2.05) is 0 Å². The lowest BCUT2D eigenvalue weighted by atomic mass is 9.99. The Kier molecular flexibility index (Phi) is 55.0. The fourth-order valence-corrected chi connectivity index (χ4v) is 9.60. The van der Waals surface area contributed by atoms with Gasteiger partial charge in [0.25, 0.3) is 0 Å². The molecule has 0 radical (unpaired) electrons. The molecule has 68 heavy (non-hydrogen) atoms. The van der Waals surface area contributed by atoms with E-state index in [1.165, 1.54) is 250 Å². The summed E-state index contributed by atoms with van der Waals surface area (Å²) in [5.41, 5.74) is 0. The molecule has 1 unspecified atom stereocenters. The van der Waals surface area contributed by atoms with Gasteiger partial charge in [-0.05, 0) is 25.2 Å². The monoisotopic (exact) mass is 961 g/mol. The lowest BCUT2D eigenvalue weighted by molar-refractivity contribution is -0.167. The molecule has 0 aromatic heterocycles. The standard InChI is InChI=1S/C62H120O6/c1-5-8-10-12-14-16-18-19-20-21-25-29-32-35-39-43-47-51-55-62(65)68-59(56-66-60(63)53-49-45-41-37-17-15-13-11-9-6-2)57-67-61(64)54-50-46-42-38-34-31-28-26-23-22-24-27-30-33-36-40-44-48-52-58(4)7-3/h58-59H,5-57H2,1-4H3/t58?,59-/m0/s1. The number of hydrogen-bond donors (Lipinski definition) is 0. The van der Waals surface area contributed by atoms with Gasteiger partial charge in [-0.3, -0.25) is 14.4 Å². The summed E-state index contributed by atoms with van der Waals surface area (Å²) in [5.74, 6) is 0.0769. The molecule has 0 heterocycles. The minimum atomic E-state index is -0.761. The zero-order valence-electron chi connectivity index (χ0n) is 46.6. The smallest absolute Gasteiger partial charge is 0.306 e. The van der Waals surface area contributed by atoms with Crippen LogP contribution in [0, 0.1) is 5.92 Å². The average molecular weight is 962 g/mol. The Hall–Kier alpha value is -1.59. The highest BCUT2D eigenvalue weighted by atomic mass is 16.6. The maximum Gasteiger partial charge on any atom is 0.306 e. The SMILES string of the molecule is CCCCCCCCCCCCCCCCCCCCC(=O)O[C@@H](COC(=O)CCCCCCCCCCCC)COC(=O)CCCCCCCCCCCCCCCCCCCCC(C)CC. The Morgan fingerprint density at radius 2 is 0.515 bits per heavy atom. The van der Waals surface area contributed by atoms with Crippen molar-refractivity contribution in [1.82, 2.24) is 0 Å². The molecule has 6 nitrogen and oxygen atoms in total. The van der Waals surface area contributed by atoms with Gasteiger partial charge in [-0.25, -0.2) is 0 Å². The molecule has 0 amide bonds. The van der Waals surface area contributed by atoms with Crippen molar-refractivity contribution in [3.63, 3.8) is 0 Å². The number of rotatable bonds is 57. The Labute approximate surface area is 425 Å². The number of unbranched alkanes of at least 4 members (excludes halogenated alkanes) is 43. The van der Waals surface area contributed by atoms with Crippen molar-refractivity contribution < 1.29 is 28.6 Å². The molecular formula is C62H120O6. The molecule has 0 saturated heterocycles. The van der Waals surface area contributed by atoms with Crippen LogP contribution in [-0.2, 0) is 28.6 Å². The maximum absolute atomic E-state index is 12.9. The number of ether oxygens (including phenoxy) is 3. The molecule has 404 valence electrons. The van der Waals surface area contributed by atoms with Crippen molar-refractivity contribution in [2.45, 2.75) is 361 Å². The number of carbonyl (C=O) groups is 3. The van der Waals surface area contributed by atoms with Gasteiger partial charge in [-0.1, -0.05) is 317 Å². The zero-order chi connectivity index (χ0) is 49.5. The van der Waals surface area contributed by atoms with Crippen LogP contribution in [-0.4, -0.2) is 37.2 Å². The molecule has 0 aliphatic heterocycles. The first-order chi connectivity index (χ1) is 33.4. The van der Waals surface area contributed by atoms with Gasteiger partial charge >= 0.3 is 17.9 Å². The molecule has 0 rings (SSSR count). The average Bonchev–Trinajstić information content (AvgIpc) is 3.34. The summed E-state index contributed by atoms with van der Waals surface area (Å²) >= 11 is 0. The van der Waals surface area contributed by atoms with Crippen LogP contribution in [0.2, 0.25) is 0 Å². The van der Waals surface area contributed by atoms with Gasteiger partial charge in [0.1, 0.15) is 13.2 Å². The lowest BCUT2D eigenvalue weighted by Gasteiger charge is -2.18. The van der Waals surface area contributed by atoms with Crippen LogP contribution >= 0.6 is 0 Å². The minimum absolute atomic E-state index is 0.0615. The molecule has 0 aromatic rings. The first kappa shape index (κ1) is 66.4. The summed E-state index contributed by atoms with van der Waals surface area (Å²) in [6.45, 7) is 9.11. The number of esters is 3. The molecule has 0 aliphatic rings. The summed E-state index contributed by atoms with van der Waals surface area (Å²) in [5, 5.41) is 0. The van der Waals surface area contributed by atoms with Gasteiger partial charge < -0.3 is 14.2 Å². The third-order valence-electron chi connectivity index (χ3n) is 14.7. The third-order valence-corrected chi connectivity index (χ3v) is 14.7. The van der Waals surface area contributed by atoms with E-state index in [0.29, 0.717) is 19.3 Å². The summed E-state index contributed by atoms with van der Waals surface area (Å²) in [6, 6.07) is 0. The Balaban J connectivity index is 4.19. The number of carbonyl (C=O) groups excluding carboxylic acids is 3. The molecule has 6 heteroatoms. The van der Waals surface area contributed by atoms with Crippen LogP contribution in [0.25, 0.3) is 0 Å². The molecule has 0 saturated carbocycles. The second kappa shape index (κ2) is 56.3. The van der Waals surface area contributed by atoms with Crippen LogP contribution in [0.15, 0.2) is 0 Å². The Morgan fingerprint density at radius 3 is 0.765 bits per heavy atom. The van der Waals surface area contributed by atoms with Gasteiger partial charge in [0.2, 0.25) is 0 Å². The van der Waals surface area contributed by atoms with E-state index >= 15 is 0 Å². The highest BCUT2D eigenvalue weighted by Gasteiger charge is 2.19. The predicted molar refractivity (Wildman–Crippen MR) is 293 cm³/mol. The highest BCUT2D eigenvalue weighted by molar-refractivity contribution is 5.71. The van der Waals surface area contributed by atoms with Gasteiger partial charge in [0, 0.05) is 19.3 Å². The normalized spacial score (nSPS) is 12.4. The summed E-state index contributed by atoms with van der Waals surface area (Å²) < 4.78 is 16.9. The van der Waals surface area contributed by atoms with Crippen molar-refractivity contribution in [2.24, 2.45) is 5.92 Å². The number of hydrogen-bond acceptors (Lipinski definition) is 6. The molecule has 0 bridgehead atoms. The van der Waals surface area contributed by atoms with E-state index in [9.17, 15) is 14.4 Å². The summed E-state index contributed by atoms with van der Waals surface area (Å²) in [7, 11) is 0. The summed E-state index contributed by atoms with van der Waals surface area (Å²) in [4.78, 5) is 38.1. The molecular weight excluding hydrogens is 841 g/mol. The van der Waals surface area contributed by atoms with Gasteiger partial charge in [-0.15, -0.1) is 0 Å². The predicted octanol–water partition coefficient (Wildman–Crippen LogP) is 20.6. The third kappa shape index (κ3) is 53.8. The molecule has 0 N–H and O–H groups in total. The highest BCUT2D eigenvalue weighted by Crippen LogP contribution is 2.19. The van der Waals surface area contributed by atoms with Gasteiger partial charge in [-0.2, -0.15) is 0 Å². The minimum Gasteiger partial charge on any atom is -0.462 e. The zero-order valence-corrected chi connectivity index (χ0v) is 46.6. The van der Waals surface area contributed by atoms with Crippen LogP contribution < -0.4 is 0 Å². The van der Waals surface area contributed by atoms with Gasteiger partial charge in [0.05, 0.1) is 0 Å². The van der Waals surface area contributed by atoms with Crippen molar-refractivity contribution in [3.05, 3.63) is 0 Å². The quantitative estimate of drug-likeness (QED) is 0.0343. The molecule has 0 spiro atoms. The fourth-order valence-electron chi connectivity index (χ4n) is 9.60. The molecule has 0 aromatic carbocycles. The van der Waals surface area contributed by atoms with Crippen LogP contribution in [0.1, 0.15) is 355 Å². The first-order valence-electron chi connectivity index (χ1n) is 30.9. The van der Waals surface area contributed by atoms with Crippen molar-refractivity contribution >= 4 is 17.9 Å². The summed E-state index contributed by atoms with van der Waals surface area (Å²) in [6.07, 6.45) is 62.4. The second-order valence-electron chi connectivity index (χ2n) is 21.6. The van der Waals surface area contributed by atoms with Crippen LogP contribution in [0.3, 0.4) is 0 Å². The topological polar surface area (TPSA) is 78.9 Å². The fraction of sp³-hybridized carbons (Fsp3) is 0.952. The van der Waals surface area contributed by atoms with E-state index in [4.69, 9.17) is 14.2 Å². The van der Waals surface area contributed by atoms with Crippen LogP contribution in [0.5, 0.6) is 0 Å². The second-order valence-corrected chi connectivity index (χ2v) is 21.6. The van der Waals surface area contributed by atoms with Crippen LogP contribution in [0.4, 0.5) is 0 Å². The largest absolute Gasteiger partial charge is 0.462 e. The molecule has 0 aliphatic carbocycles. The van der Waals surface area contributed by atoms with Crippen molar-refractivity contribution in [1.29, 1.82) is 0 Å². The maximum atomic E-state index is 12.9. The van der Waals surface area contributed by atoms with Crippen molar-refractivity contribution in [3.8, 4) is 0 Å². The van der Waals surface area contributed by atoms with E-state index in [1.54, 1.807) is 0 Å². The molecule has 2 atom stereocenters. The lowest BCUT2D eigenvalue weighted by Crippen LogP contribution is -2.30. The van der Waals surface area contributed by atoms with E-state index in [-0.39, 0.29) is 31.1 Å². The first-order valence-corrected chi connectivity index (χ1v) is 30.9. The Morgan fingerprint density at radius 1 is 0.294 bits per heavy atom. The van der Waals surface area contributed by atoms with E-state index < -0.39 is 6.10 Å². The van der Waals surface area contributed by atoms with Crippen molar-refractivity contribution in [2.75, 3.05) is 13.2 Å². The Bertz CT molecular complexity index is 1030.